The predicted octanol–water partition coefficient (Wildman–Crippen LogP) is 3.53. The van der Waals surface area contributed by atoms with Crippen LogP contribution >= 0.6 is 0 Å². The lowest BCUT2D eigenvalue weighted by atomic mass is 9.86. The van der Waals surface area contributed by atoms with Gasteiger partial charge in [0.25, 0.3) is 0 Å². The van der Waals surface area contributed by atoms with E-state index in [1.165, 1.54) is 25.2 Å². The van der Waals surface area contributed by atoms with E-state index >= 15 is 0 Å². The van der Waals surface area contributed by atoms with Crippen LogP contribution < -0.4 is 6.15 Å². The third-order valence-corrected chi connectivity index (χ3v) is 3.09. The minimum absolute atomic E-state index is 0. The number of hydrogen-bond acceptors (Lipinski definition) is 1. The van der Waals surface area contributed by atoms with E-state index in [2.05, 4.69) is 0 Å². The summed E-state index contributed by atoms with van der Waals surface area (Å²) in [6, 6.07) is 0. The Hall–Kier alpha value is -0.0400. The summed E-state index contributed by atoms with van der Waals surface area (Å²) < 4.78 is 0. The maximum atomic E-state index is 1.58. The lowest BCUT2D eigenvalue weighted by Gasteiger charge is -2.20. The van der Waals surface area contributed by atoms with Gasteiger partial charge in [0.1, 0.15) is 0 Å². The number of rotatable bonds is 2. The molecule has 2 aliphatic carbocycles. The topological polar surface area (TPSA) is 35.0 Å². The minimum atomic E-state index is 0. The molecule has 0 amide bonds. The molecule has 1 nitrogen and oxygen atoms in total. The molecule has 0 bridgehead atoms. The van der Waals surface area contributed by atoms with Gasteiger partial charge in [0, 0.05) is 0 Å². The highest BCUT2D eigenvalue weighted by Crippen LogP contribution is 2.39. The average Bonchev–Trinajstić information content (AvgIpc) is 2.74. The van der Waals surface area contributed by atoms with Gasteiger partial charge in [0.05, 0.1) is 0 Å². The molecule has 2 aliphatic rings. The first kappa shape index (κ1) is 9.05. The van der Waals surface area contributed by atoms with E-state index in [9.17, 15) is 0 Å². The van der Waals surface area contributed by atoms with Crippen LogP contribution in [0.25, 0.3) is 0 Å². The largest absolute Gasteiger partial charge is 0.344 e. The standard InChI is InChI=1S/C10H18.H3N/c1-2-4-9(5-3-1)8-10-6-7-10;/h9-10H,1-8H2;1H3. The lowest BCUT2D eigenvalue weighted by Crippen LogP contribution is -2.06. The first-order valence-corrected chi connectivity index (χ1v) is 4.95. The van der Waals surface area contributed by atoms with Crippen molar-refractivity contribution in [2.24, 2.45) is 11.8 Å². The van der Waals surface area contributed by atoms with Crippen molar-refractivity contribution < 1.29 is 0 Å². The number of hydrogen-bond donors (Lipinski definition) is 1. The highest BCUT2D eigenvalue weighted by molar-refractivity contribution is 4.78. The van der Waals surface area contributed by atoms with Gasteiger partial charge in [0.2, 0.25) is 0 Å². The highest BCUT2D eigenvalue weighted by Gasteiger charge is 2.25. The zero-order valence-corrected chi connectivity index (χ0v) is 7.52. The van der Waals surface area contributed by atoms with E-state index in [1.54, 1.807) is 32.1 Å². The molecular weight excluding hydrogens is 134 g/mol. The Morgan fingerprint density at radius 3 is 1.82 bits per heavy atom. The van der Waals surface area contributed by atoms with Gasteiger partial charge in [-0.2, -0.15) is 0 Å². The van der Waals surface area contributed by atoms with Crippen LogP contribution in [0, 0.1) is 11.8 Å². The molecule has 11 heavy (non-hydrogen) atoms. The molecule has 66 valence electrons. The Balaban J connectivity index is 0.000000605. The van der Waals surface area contributed by atoms with Crippen molar-refractivity contribution in [2.45, 2.75) is 51.4 Å². The summed E-state index contributed by atoms with van der Waals surface area (Å²) in [7, 11) is 0. The molecular formula is C10H21N. The molecule has 0 heterocycles. The van der Waals surface area contributed by atoms with Crippen molar-refractivity contribution in [1.82, 2.24) is 6.15 Å². The first-order chi connectivity index (χ1) is 4.95. The molecule has 0 spiro atoms. The second-order valence-corrected chi connectivity index (χ2v) is 4.18. The Bertz CT molecular complexity index is 101. The monoisotopic (exact) mass is 155 g/mol. The van der Waals surface area contributed by atoms with Crippen LogP contribution in [0.4, 0.5) is 0 Å². The van der Waals surface area contributed by atoms with E-state index in [-0.39, 0.29) is 6.15 Å². The average molecular weight is 155 g/mol. The highest BCUT2D eigenvalue weighted by atomic mass is 14.3. The van der Waals surface area contributed by atoms with Gasteiger partial charge in [-0.3, -0.25) is 0 Å². The van der Waals surface area contributed by atoms with Crippen molar-refractivity contribution in [2.75, 3.05) is 0 Å². The maximum absolute atomic E-state index is 1.58. The SMILES string of the molecule is C1CCC(CC2CC2)CC1.N. The molecule has 0 saturated heterocycles. The molecule has 0 atom stereocenters. The summed E-state index contributed by atoms with van der Waals surface area (Å²) in [6.07, 6.45) is 12.4. The van der Waals surface area contributed by atoms with Gasteiger partial charge in [-0.15, -0.1) is 0 Å². The van der Waals surface area contributed by atoms with Crippen LogP contribution in [-0.2, 0) is 0 Å². The molecule has 2 fully saturated rings. The predicted molar refractivity (Wildman–Crippen MR) is 48.9 cm³/mol. The fourth-order valence-corrected chi connectivity index (χ4v) is 2.25. The van der Waals surface area contributed by atoms with Crippen molar-refractivity contribution in [3.05, 3.63) is 0 Å². The summed E-state index contributed by atoms with van der Waals surface area (Å²) in [5.74, 6) is 2.31. The molecule has 0 unspecified atom stereocenters. The van der Waals surface area contributed by atoms with Crippen molar-refractivity contribution >= 4 is 0 Å². The summed E-state index contributed by atoms with van der Waals surface area (Å²) in [5.41, 5.74) is 0. The molecule has 0 aromatic carbocycles. The molecule has 2 saturated carbocycles. The lowest BCUT2D eigenvalue weighted by molar-refractivity contribution is 0.325. The van der Waals surface area contributed by atoms with Crippen molar-refractivity contribution in [3.63, 3.8) is 0 Å². The summed E-state index contributed by atoms with van der Waals surface area (Å²) in [4.78, 5) is 0. The summed E-state index contributed by atoms with van der Waals surface area (Å²) in [5, 5.41) is 0. The third-order valence-electron chi connectivity index (χ3n) is 3.09. The first-order valence-electron chi connectivity index (χ1n) is 4.95. The van der Waals surface area contributed by atoms with Gasteiger partial charge in [-0.1, -0.05) is 44.9 Å². The van der Waals surface area contributed by atoms with Crippen molar-refractivity contribution in [3.8, 4) is 0 Å². The fourth-order valence-electron chi connectivity index (χ4n) is 2.25. The van der Waals surface area contributed by atoms with E-state index in [1.807, 2.05) is 0 Å². The van der Waals surface area contributed by atoms with E-state index in [0.29, 0.717) is 0 Å². The Morgan fingerprint density at radius 1 is 0.727 bits per heavy atom. The summed E-state index contributed by atoms with van der Waals surface area (Å²) in [6.45, 7) is 0. The molecule has 2 rings (SSSR count). The molecule has 0 aromatic rings. The molecule has 0 aliphatic heterocycles. The second kappa shape index (κ2) is 4.10. The van der Waals surface area contributed by atoms with Gasteiger partial charge in [-0.25, -0.2) is 0 Å². The van der Waals surface area contributed by atoms with Crippen LogP contribution in [0.3, 0.4) is 0 Å². The van der Waals surface area contributed by atoms with Crippen LogP contribution in [0.1, 0.15) is 51.4 Å². The third kappa shape index (κ3) is 2.82. The Morgan fingerprint density at radius 2 is 1.27 bits per heavy atom. The van der Waals surface area contributed by atoms with Crippen LogP contribution in [0.15, 0.2) is 0 Å². The van der Waals surface area contributed by atoms with Crippen LogP contribution in [-0.4, -0.2) is 0 Å². The zero-order valence-electron chi connectivity index (χ0n) is 7.52. The molecule has 0 radical (unpaired) electrons. The maximum Gasteiger partial charge on any atom is -0.0411 e. The van der Waals surface area contributed by atoms with Gasteiger partial charge in [-0.05, 0) is 18.3 Å². The molecule has 3 N–H and O–H groups in total. The molecule has 0 aromatic heterocycles. The van der Waals surface area contributed by atoms with E-state index in [4.69, 9.17) is 0 Å². The molecule has 1 heteroatoms. The second-order valence-electron chi connectivity index (χ2n) is 4.18. The van der Waals surface area contributed by atoms with Gasteiger partial charge < -0.3 is 6.15 Å². The zero-order chi connectivity index (χ0) is 6.81. The van der Waals surface area contributed by atoms with E-state index < -0.39 is 0 Å². The van der Waals surface area contributed by atoms with Gasteiger partial charge >= 0.3 is 0 Å². The fraction of sp³-hybridized carbons (Fsp3) is 1.00. The summed E-state index contributed by atoms with van der Waals surface area (Å²) >= 11 is 0. The Kier molecular flexibility index (Phi) is 3.38. The van der Waals surface area contributed by atoms with Gasteiger partial charge in [0.15, 0.2) is 0 Å². The normalized spacial score (nSPS) is 26.2. The quantitative estimate of drug-likeness (QED) is 0.650. The smallest absolute Gasteiger partial charge is 0.0411 e. The minimum Gasteiger partial charge on any atom is -0.344 e. The Labute approximate surface area is 70.1 Å². The van der Waals surface area contributed by atoms with E-state index in [0.717, 1.165) is 5.92 Å². The van der Waals surface area contributed by atoms with Crippen LogP contribution in [0.2, 0.25) is 0 Å². The van der Waals surface area contributed by atoms with Crippen molar-refractivity contribution in [1.29, 1.82) is 0 Å². The van der Waals surface area contributed by atoms with Crippen LogP contribution in [0.5, 0.6) is 0 Å².